The molecule has 2 aromatic rings. The maximum absolute atomic E-state index is 12.3. The summed E-state index contributed by atoms with van der Waals surface area (Å²) in [6, 6.07) is 7.40. The number of aromatic amines is 1. The number of nitro groups is 1. The van der Waals surface area contributed by atoms with Crippen LogP contribution in [0.4, 0.5) is 0 Å². The molecule has 29 heavy (non-hydrogen) atoms. The average molecular weight is 401 g/mol. The van der Waals surface area contributed by atoms with E-state index in [9.17, 15) is 10.1 Å². The molecule has 2 fully saturated rings. The fourth-order valence-electron chi connectivity index (χ4n) is 5.31. The lowest BCUT2D eigenvalue weighted by Gasteiger charge is -2.33. The second kappa shape index (κ2) is 9.26. The van der Waals surface area contributed by atoms with Crippen molar-refractivity contribution in [1.29, 1.82) is 0 Å². The Kier molecular flexibility index (Phi) is 6.50. The van der Waals surface area contributed by atoms with E-state index in [1.807, 2.05) is 19.1 Å². The molecule has 1 N–H and O–H groups in total. The highest BCUT2D eigenvalue weighted by molar-refractivity contribution is 5.85. The first-order valence-electron chi connectivity index (χ1n) is 11.1. The Morgan fingerprint density at radius 3 is 2.66 bits per heavy atom. The lowest BCUT2D eigenvalue weighted by atomic mass is 9.73. The van der Waals surface area contributed by atoms with Crippen molar-refractivity contribution in [1.82, 2.24) is 4.98 Å². The molecule has 4 rings (SSSR count). The van der Waals surface area contributed by atoms with Gasteiger partial charge in [-0.3, -0.25) is 10.1 Å². The standard InChI is InChI=1S/C23H32N2O4/c1-16-22(18-11-5-6-12-19(18)24-16)23(17-9-3-2-4-10-17)20(25(26)27)15-29-21-13-7-8-14-28-21/h5-6,11-12,17,20-21,23-24H,2-4,7-10,13-15H2,1H3. The number of nitrogens with one attached hydrogen (secondary N) is 1. The van der Waals surface area contributed by atoms with E-state index in [1.165, 1.54) is 6.42 Å². The topological polar surface area (TPSA) is 77.4 Å². The molecule has 6 nitrogen and oxygen atoms in total. The number of hydrogen-bond acceptors (Lipinski definition) is 4. The van der Waals surface area contributed by atoms with Crippen LogP contribution in [0.25, 0.3) is 10.9 Å². The summed E-state index contributed by atoms with van der Waals surface area (Å²) in [5.74, 6) is 0.165. The summed E-state index contributed by atoms with van der Waals surface area (Å²) in [5, 5.41) is 13.4. The second-order valence-electron chi connectivity index (χ2n) is 8.62. The minimum absolute atomic E-state index is 0.108. The summed E-state index contributed by atoms with van der Waals surface area (Å²) in [6.07, 6.45) is 8.25. The van der Waals surface area contributed by atoms with Gasteiger partial charge in [0.2, 0.25) is 6.04 Å². The quantitative estimate of drug-likeness (QED) is 0.503. The molecule has 3 unspecified atom stereocenters. The lowest BCUT2D eigenvalue weighted by molar-refractivity contribution is -0.534. The first-order valence-corrected chi connectivity index (χ1v) is 11.1. The summed E-state index contributed by atoms with van der Waals surface area (Å²) in [7, 11) is 0. The summed E-state index contributed by atoms with van der Waals surface area (Å²) in [4.78, 5) is 15.6. The Bertz CT molecular complexity index is 821. The van der Waals surface area contributed by atoms with Gasteiger partial charge in [-0.1, -0.05) is 37.5 Å². The minimum Gasteiger partial charge on any atom is -0.358 e. The number of nitrogens with zero attached hydrogens (tertiary/aromatic N) is 1. The number of rotatable bonds is 7. The van der Waals surface area contributed by atoms with Crippen LogP contribution in [0.5, 0.6) is 0 Å². The number of fused-ring (bicyclic) bond motifs is 1. The summed E-state index contributed by atoms with van der Waals surface area (Å²) in [5.41, 5.74) is 3.21. The predicted molar refractivity (Wildman–Crippen MR) is 113 cm³/mol. The third kappa shape index (κ3) is 4.48. The fourth-order valence-corrected chi connectivity index (χ4v) is 5.31. The zero-order chi connectivity index (χ0) is 20.2. The molecule has 0 spiro atoms. The summed E-state index contributed by atoms with van der Waals surface area (Å²) in [6.45, 7) is 2.84. The smallest absolute Gasteiger partial charge is 0.243 e. The third-order valence-corrected chi connectivity index (χ3v) is 6.71. The highest BCUT2D eigenvalue weighted by Crippen LogP contribution is 2.43. The van der Waals surface area contributed by atoms with Gasteiger partial charge in [0.05, 0.1) is 5.92 Å². The van der Waals surface area contributed by atoms with Gasteiger partial charge in [-0.2, -0.15) is 0 Å². The number of hydrogen-bond donors (Lipinski definition) is 1. The van der Waals surface area contributed by atoms with Crippen molar-refractivity contribution in [2.24, 2.45) is 5.92 Å². The minimum atomic E-state index is -0.762. The first kappa shape index (κ1) is 20.4. The molecule has 1 aliphatic carbocycles. The van der Waals surface area contributed by atoms with Gasteiger partial charge in [-0.25, -0.2) is 0 Å². The van der Waals surface area contributed by atoms with E-state index < -0.39 is 6.04 Å². The van der Waals surface area contributed by atoms with Gasteiger partial charge in [-0.15, -0.1) is 0 Å². The van der Waals surface area contributed by atoms with E-state index >= 15 is 0 Å². The molecule has 1 aliphatic heterocycles. The molecule has 1 saturated heterocycles. The molecule has 6 heteroatoms. The summed E-state index contributed by atoms with van der Waals surface area (Å²) >= 11 is 0. The molecule has 1 aromatic heterocycles. The van der Waals surface area contributed by atoms with Crippen LogP contribution in [0, 0.1) is 23.0 Å². The van der Waals surface area contributed by atoms with Crippen molar-refractivity contribution in [3.05, 3.63) is 45.6 Å². The van der Waals surface area contributed by atoms with E-state index in [2.05, 4.69) is 17.1 Å². The highest BCUT2D eigenvalue weighted by atomic mass is 16.7. The molecule has 1 saturated carbocycles. The van der Waals surface area contributed by atoms with Crippen LogP contribution in [-0.4, -0.2) is 35.5 Å². The average Bonchev–Trinajstić information content (AvgIpc) is 3.08. The van der Waals surface area contributed by atoms with Gasteiger partial charge in [0, 0.05) is 28.1 Å². The van der Waals surface area contributed by atoms with Gasteiger partial charge in [0.1, 0.15) is 6.61 Å². The number of para-hydroxylation sites is 1. The number of H-pyrrole nitrogens is 1. The Labute approximate surface area is 172 Å². The molecule has 158 valence electrons. The molecule has 0 amide bonds. The van der Waals surface area contributed by atoms with Crippen LogP contribution < -0.4 is 0 Å². The van der Waals surface area contributed by atoms with Crippen molar-refractivity contribution in [3.8, 4) is 0 Å². The van der Waals surface area contributed by atoms with Crippen molar-refractivity contribution in [3.63, 3.8) is 0 Å². The van der Waals surface area contributed by atoms with Gasteiger partial charge < -0.3 is 14.5 Å². The SMILES string of the molecule is Cc1[nH]c2ccccc2c1C(C1CCCCC1)C(COC1CCCCO1)[N+](=O)[O-]. The number of ether oxygens (including phenoxy) is 2. The predicted octanol–water partition coefficient (Wildman–Crippen LogP) is 5.33. The van der Waals surface area contributed by atoms with E-state index in [0.717, 1.165) is 67.1 Å². The monoisotopic (exact) mass is 400 g/mol. The number of benzene rings is 1. The van der Waals surface area contributed by atoms with Crippen LogP contribution >= 0.6 is 0 Å². The Morgan fingerprint density at radius 2 is 1.93 bits per heavy atom. The molecular formula is C23H32N2O4. The van der Waals surface area contributed by atoms with Crippen LogP contribution in [0.3, 0.4) is 0 Å². The van der Waals surface area contributed by atoms with Crippen LogP contribution in [0.1, 0.15) is 68.5 Å². The maximum atomic E-state index is 12.3. The van der Waals surface area contributed by atoms with Gasteiger partial charge in [-0.05, 0) is 56.6 Å². The molecule has 0 radical (unpaired) electrons. The number of aromatic nitrogens is 1. The lowest BCUT2D eigenvalue weighted by Crippen LogP contribution is -2.39. The van der Waals surface area contributed by atoms with Gasteiger partial charge >= 0.3 is 0 Å². The molecule has 0 bridgehead atoms. The second-order valence-corrected chi connectivity index (χ2v) is 8.62. The van der Waals surface area contributed by atoms with E-state index in [4.69, 9.17) is 9.47 Å². The van der Waals surface area contributed by atoms with Crippen LogP contribution in [-0.2, 0) is 9.47 Å². The van der Waals surface area contributed by atoms with Crippen molar-refractivity contribution in [2.75, 3.05) is 13.2 Å². The van der Waals surface area contributed by atoms with E-state index in [-0.39, 0.29) is 23.7 Å². The van der Waals surface area contributed by atoms with Gasteiger partial charge in [0.25, 0.3) is 0 Å². The largest absolute Gasteiger partial charge is 0.358 e. The van der Waals surface area contributed by atoms with Crippen LogP contribution in [0.15, 0.2) is 24.3 Å². The highest BCUT2D eigenvalue weighted by Gasteiger charge is 2.42. The van der Waals surface area contributed by atoms with Crippen LogP contribution in [0.2, 0.25) is 0 Å². The zero-order valence-electron chi connectivity index (χ0n) is 17.3. The molecular weight excluding hydrogens is 368 g/mol. The van der Waals surface area contributed by atoms with Gasteiger partial charge in [0.15, 0.2) is 6.29 Å². The van der Waals surface area contributed by atoms with Crippen molar-refractivity contribution in [2.45, 2.75) is 76.5 Å². The zero-order valence-corrected chi connectivity index (χ0v) is 17.3. The molecule has 3 atom stereocenters. The number of aryl methyl sites for hydroxylation is 1. The third-order valence-electron chi connectivity index (χ3n) is 6.71. The van der Waals surface area contributed by atoms with E-state index in [0.29, 0.717) is 12.5 Å². The van der Waals surface area contributed by atoms with E-state index in [1.54, 1.807) is 0 Å². The molecule has 2 heterocycles. The van der Waals surface area contributed by atoms with Crippen molar-refractivity contribution >= 4 is 10.9 Å². The first-order chi connectivity index (χ1) is 14.1. The van der Waals surface area contributed by atoms with Crippen molar-refractivity contribution < 1.29 is 14.4 Å². The molecule has 1 aromatic carbocycles. The molecule has 2 aliphatic rings. The Hall–Kier alpha value is -1.92. The normalized spacial score (nSPS) is 23.1. The summed E-state index contributed by atoms with van der Waals surface area (Å²) < 4.78 is 11.6. The fraction of sp³-hybridized carbons (Fsp3) is 0.652. The Balaban J connectivity index is 1.67. The Morgan fingerprint density at radius 1 is 1.17 bits per heavy atom. The maximum Gasteiger partial charge on any atom is 0.243 e.